The van der Waals surface area contributed by atoms with Gasteiger partial charge in [-0.25, -0.2) is 0 Å². The third-order valence-electron chi connectivity index (χ3n) is 0.235. The predicted octanol–water partition coefficient (Wildman–Crippen LogP) is -1.41. The standard InChI is InChI=1S/C2H5O3P.Al/c1-2-5-6(3)4;/h2H2,1H3;/q-2;+3. The van der Waals surface area contributed by atoms with E-state index in [2.05, 4.69) is 4.52 Å². The van der Waals surface area contributed by atoms with Crippen LogP contribution in [0.1, 0.15) is 6.92 Å². The summed E-state index contributed by atoms with van der Waals surface area (Å²) in [6, 6.07) is 0. The summed E-state index contributed by atoms with van der Waals surface area (Å²) >= 11 is 0. The Kier molecular flexibility index (Phi) is 10.5. The minimum Gasteiger partial charge on any atom is -0.820 e. The van der Waals surface area contributed by atoms with Gasteiger partial charge in [0, 0.05) is 6.61 Å². The van der Waals surface area contributed by atoms with E-state index in [4.69, 9.17) is 0 Å². The van der Waals surface area contributed by atoms with Crippen LogP contribution in [0.3, 0.4) is 0 Å². The maximum atomic E-state index is 9.41. The molecule has 0 saturated carbocycles. The van der Waals surface area contributed by atoms with Crippen molar-refractivity contribution in [2.45, 2.75) is 6.92 Å². The Labute approximate surface area is 54.4 Å². The van der Waals surface area contributed by atoms with E-state index in [1.807, 2.05) is 0 Å². The van der Waals surface area contributed by atoms with Gasteiger partial charge in [0.15, 0.2) is 0 Å². The molecule has 0 unspecified atom stereocenters. The first kappa shape index (κ1) is 10.8. The van der Waals surface area contributed by atoms with Gasteiger partial charge >= 0.3 is 17.4 Å². The van der Waals surface area contributed by atoms with Crippen LogP contribution in [0.15, 0.2) is 0 Å². The molecule has 0 spiro atoms. The van der Waals surface area contributed by atoms with Crippen molar-refractivity contribution >= 4 is 26.0 Å². The van der Waals surface area contributed by atoms with Crippen LogP contribution in [-0.4, -0.2) is 24.0 Å². The first-order valence-corrected chi connectivity index (χ1v) is 2.64. The third-order valence-corrected chi connectivity index (χ3v) is 0.704. The van der Waals surface area contributed by atoms with E-state index in [-0.39, 0.29) is 24.0 Å². The molecule has 0 aliphatic carbocycles. The Balaban J connectivity index is 0. The first-order valence-electron chi connectivity index (χ1n) is 1.54. The number of rotatable bonds is 2. The van der Waals surface area contributed by atoms with Gasteiger partial charge < -0.3 is 14.3 Å². The van der Waals surface area contributed by atoms with Crippen molar-refractivity contribution in [1.29, 1.82) is 0 Å². The predicted molar refractivity (Wildman–Crippen MR) is 24.3 cm³/mol. The van der Waals surface area contributed by atoms with Crippen LogP contribution in [0.5, 0.6) is 0 Å². The molecule has 0 radical (unpaired) electrons. The van der Waals surface area contributed by atoms with Gasteiger partial charge in [-0.05, 0) is 6.92 Å². The van der Waals surface area contributed by atoms with Gasteiger partial charge in [-0.15, -0.1) is 0 Å². The average Bonchev–Trinajstić information content (AvgIpc) is 1.35. The van der Waals surface area contributed by atoms with Crippen LogP contribution in [0.4, 0.5) is 0 Å². The minimum absolute atomic E-state index is 0. The van der Waals surface area contributed by atoms with Crippen molar-refractivity contribution in [3.05, 3.63) is 0 Å². The monoisotopic (exact) mass is 135 g/mol. The topological polar surface area (TPSA) is 55.3 Å². The Morgan fingerprint density at radius 3 is 2.00 bits per heavy atom. The Morgan fingerprint density at radius 1 is 1.57 bits per heavy atom. The van der Waals surface area contributed by atoms with E-state index in [1.54, 1.807) is 6.92 Å². The van der Waals surface area contributed by atoms with Gasteiger partial charge in [-0.3, -0.25) is 0 Å². The van der Waals surface area contributed by atoms with Crippen molar-refractivity contribution < 1.29 is 14.3 Å². The van der Waals surface area contributed by atoms with Crippen molar-refractivity contribution in [1.82, 2.24) is 0 Å². The van der Waals surface area contributed by atoms with Crippen molar-refractivity contribution in [3.63, 3.8) is 0 Å². The molecule has 3 nitrogen and oxygen atoms in total. The van der Waals surface area contributed by atoms with Gasteiger partial charge in [0.2, 0.25) is 0 Å². The fourth-order valence-electron chi connectivity index (χ4n) is 0.105. The average molecular weight is 135 g/mol. The fraction of sp³-hybridized carbons (Fsp3) is 1.00. The molecule has 0 bridgehead atoms. The summed E-state index contributed by atoms with van der Waals surface area (Å²) in [5, 5.41) is 0. The van der Waals surface area contributed by atoms with E-state index in [0.717, 1.165) is 0 Å². The zero-order valence-corrected chi connectivity index (χ0v) is 6.01. The molecule has 0 aliphatic rings. The van der Waals surface area contributed by atoms with Gasteiger partial charge in [0.25, 0.3) is 0 Å². The number of hydrogen-bond acceptors (Lipinski definition) is 3. The maximum absolute atomic E-state index is 9.41. The SMILES string of the molecule is CCOP([O-])[O-].[Al+3]. The molecule has 0 amide bonds. The molecule has 0 atom stereocenters. The molecule has 5 heteroatoms. The van der Waals surface area contributed by atoms with Crippen LogP contribution >= 0.6 is 8.60 Å². The van der Waals surface area contributed by atoms with Crippen LogP contribution < -0.4 is 9.79 Å². The molecule has 7 heavy (non-hydrogen) atoms. The second kappa shape index (κ2) is 6.84. The Hall–Kier alpha value is 0.842. The molecule has 0 fully saturated rings. The minimum atomic E-state index is -2.60. The smallest absolute Gasteiger partial charge is 0.820 e. The zero-order chi connectivity index (χ0) is 4.99. The molecule has 0 heterocycles. The van der Waals surface area contributed by atoms with Gasteiger partial charge in [-0.2, -0.15) is 8.60 Å². The first-order chi connectivity index (χ1) is 2.77. The van der Waals surface area contributed by atoms with Gasteiger partial charge in [-0.1, -0.05) is 0 Å². The fourth-order valence-corrected chi connectivity index (χ4v) is 0.316. The Morgan fingerprint density at radius 2 is 2.00 bits per heavy atom. The summed E-state index contributed by atoms with van der Waals surface area (Å²) in [7, 11) is -2.60. The summed E-state index contributed by atoms with van der Waals surface area (Å²) in [6.45, 7) is 1.85. The van der Waals surface area contributed by atoms with Crippen LogP contribution in [-0.2, 0) is 4.52 Å². The quantitative estimate of drug-likeness (QED) is 0.345. The van der Waals surface area contributed by atoms with Crippen molar-refractivity contribution in [2.24, 2.45) is 0 Å². The molecular weight excluding hydrogens is 130 g/mol. The largest absolute Gasteiger partial charge is 3.00 e. The molecule has 38 valence electrons. The molecule has 0 rings (SSSR count). The van der Waals surface area contributed by atoms with Crippen molar-refractivity contribution in [3.8, 4) is 0 Å². The van der Waals surface area contributed by atoms with E-state index >= 15 is 0 Å². The molecule has 0 N–H and O–H groups in total. The van der Waals surface area contributed by atoms with E-state index in [0.29, 0.717) is 0 Å². The molecule has 0 aromatic rings. The molecule has 0 saturated heterocycles. The summed E-state index contributed by atoms with van der Waals surface area (Å²) in [4.78, 5) is 18.8. The summed E-state index contributed by atoms with van der Waals surface area (Å²) in [6.07, 6.45) is 0. The second-order valence-electron chi connectivity index (χ2n) is 0.641. The van der Waals surface area contributed by atoms with Crippen molar-refractivity contribution in [2.75, 3.05) is 6.61 Å². The second-order valence-corrected chi connectivity index (χ2v) is 1.35. The van der Waals surface area contributed by atoms with Gasteiger partial charge in [0.05, 0.1) is 0 Å². The van der Waals surface area contributed by atoms with Crippen LogP contribution in [0.2, 0.25) is 0 Å². The zero-order valence-electron chi connectivity index (χ0n) is 3.96. The summed E-state index contributed by atoms with van der Waals surface area (Å²) in [5.41, 5.74) is 0. The van der Waals surface area contributed by atoms with E-state index < -0.39 is 8.60 Å². The molecule has 0 aromatic carbocycles. The summed E-state index contributed by atoms with van der Waals surface area (Å²) < 4.78 is 4.00. The van der Waals surface area contributed by atoms with Gasteiger partial charge in [0.1, 0.15) is 0 Å². The van der Waals surface area contributed by atoms with E-state index in [9.17, 15) is 9.79 Å². The normalized spacial score (nSPS) is 8.57. The molecule has 0 aromatic heterocycles. The van der Waals surface area contributed by atoms with Crippen LogP contribution in [0, 0.1) is 0 Å². The molecule has 0 aliphatic heterocycles. The maximum Gasteiger partial charge on any atom is 3.00 e. The third kappa shape index (κ3) is 10.9. The Bertz CT molecular complexity index is 34.1. The van der Waals surface area contributed by atoms with E-state index in [1.165, 1.54) is 0 Å². The number of hydrogen-bond donors (Lipinski definition) is 0. The summed E-state index contributed by atoms with van der Waals surface area (Å²) in [5.74, 6) is 0. The van der Waals surface area contributed by atoms with Crippen LogP contribution in [0.25, 0.3) is 0 Å². The molecular formula is C2H5AlO3P+.